The van der Waals surface area contributed by atoms with Crippen molar-refractivity contribution in [3.63, 3.8) is 0 Å². The highest BCUT2D eigenvalue weighted by Crippen LogP contribution is 2.10. The predicted octanol–water partition coefficient (Wildman–Crippen LogP) is 0.776. The number of carbonyl (C=O) groups is 1. The van der Waals surface area contributed by atoms with Crippen LogP contribution in [-0.2, 0) is 4.79 Å². The second-order valence-electron chi connectivity index (χ2n) is 3.34. The van der Waals surface area contributed by atoms with E-state index in [1.165, 1.54) is 0 Å². The highest BCUT2D eigenvalue weighted by atomic mass is 32.1. The summed E-state index contributed by atoms with van der Waals surface area (Å²) in [6, 6.07) is 7.47. The van der Waals surface area contributed by atoms with E-state index in [2.05, 4.69) is 17.5 Å². The van der Waals surface area contributed by atoms with Crippen LogP contribution in [0.5, 0.6) is 5.75 Å². The minimum absolute atomic E-state index is 0.0360. The number of thiocarbonyl (C=S) groups is 1. The van der Waals surface area contributed by atoms with E-state index < -0.39 is 0 Å². The number of ether oxygens (including phenoxy) is 1. The van der Waals surface area contributed by atoms with Crippen molar-refractivity contribution in [1.29, 1.82) is 0 Å². The molecular formula is C11H14N2O2S. The van der Waals surface area contributed by atoms with Gasteiger partial charge in [0.2, 0.25) is 0 Å². The molecule has 3 N–H and O–H groups in total. The van der Waals surface area contributed by atoms with Gasteiger partial charge in [-0.25, -0.2) is 0 Å². The van der Waals surface area contributed by atoms with E-state index in [4.69, 9.17) is 10.5 Å². The first-order valence-corrected chi connectivity index (χ1v) is 5.23. The summed E-state index contributed by atoms with van der Waals surface area (Å²) in [6.07, 6.45) is 0. The molecule has 1 amide bonds. The lowest BCUT2D eigenvalue weighted by Gasteiger charge is -2.06. The third kappa shape index (κ3) is 4.75. The number of nitrogens with one attached hydrogen (secondary N) is 1. The van der Waals surface area contributed by atoms with Crippen molar-refractivity contribution in [1.82, 2.24) is 5.32 Å². The summed E-state index contributed by atoms with van der Waals surface area (Å²) in [7, 11) is 0. The Balaban J connectivity index is 2.31. The standard InChI is InChI=1S/C11H14N2O2S/c1-8-2-4-9(5-3-8)15-7-11(14)13-6-10(12)16/h2-5H,6-7H2,1H3,(H2,12,16)(H,13,14). The Bertz CT molecular complexity index is 376. The third-order valence-corrected chi connectivity index (χ3v) is 2.00. The first kappa shape index (κ1) is 12.4. The molecule has 0 unspecified atom stereocenters. The zero-order valence-corrected chi connectivity index (χ0v) is 9.84. The number of nitrogens with two attached hydrogens (primary N) is 1. The van der Waals surface area contributed by atoms with Gasteiger partial charge in [0.05, 0.1) is 11.5 Å². The zero-order valence-electron chi connectivity index (χ0n) is 9.03. The average Bonchev–Trinajstić information content (AvgIpc) is 2.25. The molecule has 0 spiro atoms. The van der Waals surface area contributed by atoms with Gasteiger partial charge in [0, 0.05) is 0 Å². The lowest BCUT2D eigenvalue weighted by molar-refractivity contribution is -0.122. The van der Waals surface area contributed by atoms with Crippen molar-refractivity contribution < 1.29 is 9.53 Å². The summed E-state index contributed by atoms with van der Waals surface area (Å²) >= 11 is 4.63. The van der Waals surface area contributed by atoms with Crippen LogP contribution in [0.2, 0.25) is 0 Å². The number of hydrogen-bond donors (Lipinski definition) is 2. The Labute approximate surface area is 99.8 Å². The van der Waals surface area contributed by atoms with Gasteiger partial charge in [0.15, 0.2) is 6.61 Å². The summed E-state index contributed by atoms with van der Waals surface area (Å²) in [5.74, 6) is 0.421. The molecule has 0 fully saturated rings. The molecule has 1 rings (SSSR count). The molecular weight excluding hydrogens is 224 g/mol. The Kier molecular flexibility index (Phi) is 4.72. The van der Waals surface area contributed by atoms with Crippen molar-refractivity contribution in [2.45, 2.75) is 6.92 Å². The predicted molar refractivity (Wildman–Crippen MR) is 66.5 cm³/mol. The minimum atomic E-state index is -0.242. The Morgan fingerprint density at radius 3 is 2.62 bits per heavy atom. The number of hydrogen-bond acceptors (Lipinski definition) is 3. The van der Waals surface area contributed by atoms with Crippen molar-refractivity contribution >= 4 is 23.1 Å². The van der Waals surface area contributed by atoms with E-state index in [0.717, 1.165) is 5.56 Å². The maximum atomic E-state index is 11.2. The number of benzene rings is 1. The summed E-state index contributed by atoms with van der Waals surface area (Å²) in [5, 5.41) is 2.53. The molecule has 16 heavy (non-hydrogen) atoms. The van der Waals surface area contributed by atoms with Crippen LogP contribution >= 0.6 is 12.2 Å². The fraction of sp³-hybridized carbons (Fsp3) is 0.273. The van der Waals surface area contributed by atoms with Crippen molar-refractivity contribution in [2.24, 2.45) is 5.73 Å². The normalized spacial score (nSPS) is 9.56. The lowest BCUT2D eigenvalue weighted by Crippen LogP contribution is -2.35. The van der Waals surface area contributed by atoms with E-state index in [0.29, 0.717) is 5.75 Å². The maximum Gasteiger partial charge on any atom is 0.258 e. The first-order valence-electron chi connectivity index (χ1n) is 4.82. The Hall–Kier alpha value is -1.62. The highest BCUT2D eigenvalue weighted by molar-refractivity contribution is 7.80. The number of amides is 1. The van der Waals surface area contributed by atoms with Crippen LogP contribution in [0.25, 0.3) is 0 Å². The molecule has 86 valence electrons. The van der Waals surface area contributed by atoms with E-state index >= 15 is 0 Å². The fourth-order valence-electron chi connectivity index (χ4n) is 1.02. The fourth-order valence-corrected chi connectivity index (χ4v) is 1.09. The molecule has 1 aromatic carbocycles. The maximum absolute atomic E-state index is 11.2. The Morgan fingerprint density at radius 2 is 2.06 bits per heavy atom. The SMILES string of the molecule is Cc1ccc(OCC(=O)NCC(N)=S)cc1. The quantitative estimate of drug-likeness (QED) is 0.744. The van der Waals surface area contributed by atoms with Crippen molar-refractivity contribution in [2.75, 3.05) is 13.2 Å². The van der Waals surface area contributed by atoms with Crippen LogP contribution in [0.3, 0.4) is 0 Å². The van der Waals surface area contributed by atoms with Crippen LogP contribution in [0, 0.1) is 6.92 Å². The summed E-state index contributed by atoms with van der Waals surface area (Å²) in [5.41, 5.74) is 6.38. The van der Waals surface area contributed by atoms with Crippen LogP contribution in [-0.4, -0.2) is 24.0 Å². The smallest absolute Gasteiger partial charge is 0.258 e. The summed E-state index contributed by atoms with van der Waals surface area (Å²) < 4.78 is 5.26. The van der Waals surface area contributed by atoms with Crippen LogP contribution in [0.1, 0.15) is 5.56 Å². The van der Waals surface area contributed by atoms with Gasteiger partial charge in [-0.15, -0.1) is 0 Å². The molecule has 0 saturated heterocycles. The molecule has 0 aliphatic carbocycles. The summed E-state index contributed by atoms with van der Waals surface area (Å²) in [4.78, 5) is 11.5. The monoisotopic (exact) mass is 238 g/mol. The van der Waals surface area contributed by atoms with E-state index in [1.807, 2.05) is 31.2 Å². The first-order chi connectivity index (χ1) is 7.58. The van der Waals surface area contributed by atoms with Crippen molar-refractivity contribution in [3.8, 4) is 5.75 Å². The summed E-state index contributed by atoms with van der Waals surface area (Å²) in [6.45, 7) is 2.15. The van der Waals surface area contributed by atoms with Gasteiger partial charge in [-0.05, 0) is 19.1 Å². The molecule has 1 aromatic rings. The van der Waals surface area contributed by atoms with E-state index in [1.54, 1.807) is 0 Å². The second kappa shape index (κ2) is 6.07. The molecule has 0 atom stereocenters. The Morgan fingerprint density at radius 1 is 1.44 bits per heavy atom. The molecule has 0 bridgehead atoms. The van der Waals surface area contributed by atoms with Gasteiger partial charge < -0.3 is 15.8 Å². The molecule has 0 radical (unpaired) electrons. The molecule has 0 aliphatic heterocycles. The van der Waals surface area contributed by atoms with Gasteiger partial charge in [0.1, 0.15) is 5.75 Å². The van der Waals surface area contributed by atoms with Gasteiger partial charge in [-0.2, -0.15) is 0 Å². The van der Waals surface area contributed by atoms with Crippen LogP contribution < -0.4 is 15.8 Å². The zero-order chi connectivity index (χ0) is 12.0. The topological polar surface area (TPSA) is 64.3 Å². The highest BCUT2D eigenvalue weighted by Gasteiger charge is 2.02. The largest absolute Gasteiger partial charge is 0.484 e. The number of aryl methyl sites for hydroxylation is 1. The number of rotatable bonds is 5. The molecule has 0 aromatic heterocycles. The van der Waals surface area contributed by atoms with Crippen LogP contribution in [0.15, 0.2) is 24.3 Å². The third-order valence-electron chi connectivity index (χ3n) is 1.85. The van der Waals surface area contributed by atoms with Crippen LogP contribution in [0.4, 0.5) is 0 Å². The van der Waals surface area contributed by atoms with E-state index in [-0.39, 0.29) is 24.0 Å². The molecule has 0 saturated carbocycles. The average molecular weight is 238 g/mol. The number of carbonyl (C=O) groups excluding carboxylic acids is 1. The van der Waals surface area contributed by atoms with Gasteiger partial charge in [0.25, 0.3) is 5.91 Å². The van der Waals surface area contributed by atoms with Gasteiger partial charge in [-0.3, -0.25) is 4.79 Å². The second-order valence-corrected chi connectivity index (χ2v) is 3.87. The molecule has 4 nitrogen and oxygen atoms in total. The molecule has 0 aliphatic rings. The van der Waals surface area contributed by atoms with E-state index in [9.17, 15) is 4.79 Å². The minimum Gasteiger partial charge on any atom is -0.484 e. The van der Waals surface area contributed by atoms with Crippen molar-refractivity contribution in [3.05, 3.63) is 29.8 Å². The lowest BCUT2D eigenvalue weighted by atomic mass is 10.2. The van der Waals surface area contributed by atoms with Gasteiger partial charge >= 0.3 is 0 Å². The van der Waals surface area contributed by atoms with Gasteiger partial charge in [-0.1, -0.05) is 29.9 Å². The molecule has 5 heteroatoms. The molecule has 0 heterocycles.